The summed E-state index contributed by atoms with van der Waals surface area (Å²) >= 11 is 0. The number of likely N-dealkylation sites (tertiary alicyclic amines) is 1. The van der Waals surface area contributed by atoms with Crippen molar-refractivity contribution in [3.8, 4) is 0 Å². The van der Waals surface area contributed by atoms with Crippen molar-refractivity contribution >= 4 is 23.2 Å². The number of hydrogen-bond donors (Lipinski definition) is 2. The summed E-state index contributed by atoms with van der Waals surface area (Å²) in [6.45, 7) is 5.03. The minimum Gasteiger partial charge on any atom is -0.358 e. The van der Waals surface area contributed by atoms with Gasteiger partial charge in [-0.25, -0.2) is 4.39 Å². The number of quaternary nitrogens is 1. The standard InChI is InChI=1S/C23H27FN4O2/c24-20-5-1-2-6-21(20)27-15-13-26(14-16-27)17-22(29)25-19-9-7-18(8-10-19)23(30)28-11-3-4-12-28/h1-2,5-10H,3-4,11-17H2,(H,25,29)/p+1. The first kappa shape index (κ1) is 20.3. The number of halogens is 1. The van der Waals surface area contributed by atoms with Crippen molar-refractivity contribution in [3.05, 3.63) is 59.9 Å². The number of carbonyl (C=O) groups is 2. The van der Waals surface area contributed by atoms with Crippen LogP contribution in [0.1, 0.15) is 23.2 Å². The van der Waals surface area contributed by atoms with E-state index in [2.05, 4.69) is 5.32 Å². The van der Waals surface area contributed by atoms with Crippen molar-refractivity contribution in [3.63, 3.8) is 0 Å². The van der Waals surface area contributed by atoms with Crippen LogP contribution in [0.2, 0.25) is 0 Å². The van der Waals surface area contributed by atoms with Crippen LogP contribution in [-0.2, 0) is 4.79 Å². The second kappa shape index (κ2) is 9.26. The lowest BCUT2D eigenvalue weighted by Gasteiger charge is -2.33. The van der Waals surface area contributed by atoms with Crippen LogP contribution in [0.15, 0.2) is 48.5 Å². The molecule has 4 rings (SSSR count). The van der Waals surface area contributed by atoms with Crippen LogP contribution in [0.3, 0.4) is 0 Å². The molecule has 0 unspecified atom stereocenters. The van der Waals surface area contributed by atoms with Gasteiger partial charge in [0.05, 0.1) is 31.9 Å². The Balaban J connectivity index is 1.25. The van der Waals surface area contributed by atoms with Crippen LogP contribution in [0, 0.1) is 5.82 Å². The van der Waals surface area contributed by atoms with Gasteiger partial charge >= 0.3 is 0 Å². The van der Waals surface area contributed by atoms with Crippen LogP contribution in [0.25, 0.3) is 0 Å². The number of anilines is 2. The number of benzene rings is 2. The average Bonchev–Trinajstić information content (AvgIpc) is 3.30. The number of nitrogens with zero attached hydrogens (tertiary/aromatic N) is 2. The molecule has 2 aliphatic rings. The monoisotopic (exact) mass is 411 g/mol. The third kappa shape index (κ3) is 4.79. The van der Waals surface area contributed by atoms with E-state index >= 15 is 0 Å². The molecule has 158 valence electrons. The van der Waals surface area contributed by atoms with E-state index in [9.17, 15) is 14.0 Å². The predicted molar refractivity (Wildman–Crippen MR) is 114 cm³/mol. The first-order chi connectivity index (χ1) is 14.6. The van der Waals surface area contributed by atoms with Crippen molar-refractivity contribution in [2.24, 2.45) is 0 Å². The van der Waals surface area contributed by atoms with Gasteiger partial charge in [0.2, 0.25) is 0 Å². The van der Waals surface area contributed by atoms with Crippen molar-refractivity contribution in [2.75, 3.05) is 56.0 Å². The number of nitrogens with one attached hydrogen (secondary N) is 2. The highest BCUT2D eigenvalue weighted by atomic mass is 19.1. The molecule has 0 aliphatic carbocycles. The number of carbonyl (C=O) groups excluding carboxylic acids is 2. The minimum atomic E-state index is -0.203. The summed E-state index contributed by atoms with van der Waals surface area (Å²) in [7, 11) is 0. The molecule has 0 bridgehead atoms. The van der Waals surface area contributed by atoms with Crippen molar-refractivity contribution in [2.45, 2.75) is 12.8 Å². The van der Waals surface area contributed by atoms with Crippen LogP contribution >= 0.6 is 0 Å². The summed E-state index contributed by atoms with van der Waals surface area (Å²) in [5.41, 5.74) is 1.98. The predicted octanol–water partition coefficient (Wildman–Crippen LogP) is 1.41. The van der Waals surface area contributed by atoms with Crippen molar-refractivity contribution in [1.29, 1.82) is 0 Å². The third-order valence-corrected chi connectivity index (χ3v) is 5.88. The number of para-hydroxylation sites is 1. The Kier molecular flexibility index (Phi) is 6.28. The summed E-state index contributed by atoms with van der Waals surface area (Å²) in [5, 5.41) is 2.92. The highest BCUT2D eigenvalue weighted by molar-refractivity contribution is 5.96. The van der Waals surface area contributed by atoms with E-state index in [1.807, 2.05) is 15.9 Å². The molecule has 2 N–H and O–H groups in total. The van der Waals surface area contributed by atoms with E-state index in [4.69, 9.17) is 0 Å². The maximum absolute atomic E-state index is 14.0. The molecule has 2 aromatic carbocycles. The fraction of sp³-hybridized carbons (Fsp3) is 0.391. The van der Waals surface area contributed by atoms with Gasteiger partial charge in [-0.15, -0.1) is 0 Å². The van der Waals surface area contributed by atoms with Gasteiger partial charge in [0, 0.05) is 24.3 Å². The quantitative estimate of drug-likeness (QED) is 0.782. The molecule has 0 radical (unpaired) electrons. The first-order valence-corrected chi connectivity index (χ1v) is 10.6. The Morgan fingerprint density at radius 3 is 2.27 bits per heavy atom. The molecule has 6 nitrogen and oxygen atoms in total. The number of amides is 2. The fourth-order valence-corrected chi connectivity index (χ4v) is 4.18. The van der Waals surface area contributed by atoms with E-state index in [0.717, 1.165) is 52.1 Å². The van der Waals surface area contributed by atoms with Gasteiger partial charge in [0.15, 0.2) is 6.54 Å². The summed E-state index contributed by atoms with van der Waals surface area (Å²) in [6, 6.07) is 13.9. The Labute approximate surface area is 176 Å². The number of hydrogen-bond acceptors (Lipinski definition) is 3. The Morgan fingerprint density at radius 1 is 0.933 bits per heavy atom. The average molecular weight is 412 g/mol. The van der Waals surface area contributed by atoms with Gasteiger partial charge in [-0.3, -0.25) is 9.59 Å². The van der Waals surface area contributed by atoms with Gasteiger partial charge in [-0.1, -0.05) is 12.1 Å². The van der Waals surface area contributed by atoms with E-state index in [1.165, 1.54) is 11.0 Å². The molecular formula is C23H28FN4O2+. The number of rotatable bonds is 5. The Hall–Kier alpha value is -2.93. The van der Waals surface area contributed by atoms with E-state index in [-0.39, 0.29) is 17.6 Å². The van der Waals surface area contributed by atoms with E-state index < -0.39 is 0 Å². The van der Waals surface area contributed by atoms with Gasteiger partial charge in [0.1, 0.15) is 5.82 Å². The highest BCUT2D eigenvalue weighted by Crippen LogP contribution is 2.18. The van der Waals surface area contributed by atoms with E-state index in [1.54, 1.807) is 36.4 Å². The van der Waals surface area contributed by atoms with Crippen LogP contribution < -0.4 is 15.1 Å². The van der Waals surface area contributed by atoms with Gasteiger partial charge < -0.3 is 20.0 Å². The summed E-state index contributed by atoms with van der Waals surface area (Å²) < 4.78 is 14.0. The second-order valence-corrected chi connectivity index (χ2v) is 7.99. The summed E-state index contributed by atoms with van der Waals surface area (Å²) in [5.74, 6) is -0.198. The molecule has 7 heteroatoms. The van der Waals surface area contributed by atoms with Crippen LogP contribution in [0.4, 0.5) is 15.8 Å². The molecule has 0 saturated carbocycles. The molecule has 0 atom stereocenters. The Morgan fingerprint density at radius 2 is 1.60 bits per heavy atom. The summed E-state index contributed by atoms with van der Waals surface area (Å²) in [4.78, 5) is 29.9. The smallest absolute Gasteiger partial charge is 0.279 e. The maximum atomic E-state index is 14.0. The normalized spacial score (nSPS) is 17.2. The zero-order chi connectivity index (χ0) is 20.9. The van der Waals surface area contributed by atoms with Gasteiger partial charge in [-0.05, 0) is 49.2 Å². The SMILES string of the molecule is O=C(C[NH+]1CCN(c2ccccc2F)CC1)Nc1ccc(C(=O)N2CCCC2)cc1. The van der Waals surface area contributed by atoms with Crippen molar-refractivity contribution in [1.82, 2.24) is 4.90 Å². The minimum absolute atomic E-state index is 0.0528. The lowest BCUT2D eigenvalue weighted by molar-refractivity contribution is -0.892. The van der Waals surface area contributed by atoms with Crippen LogP contribution in [0.5, 0.6) is 0 Å². The lowest BCUT2D eigenvalue weighted by Crippen LogP contribution is -3.15. The second-order valence-electron chi connectivity index (χ2n) is 7.99. The molecule has 30 heavy (non-hydrogen) atoms. The van der Waals surface area contributed by atoms with Crippen molar-refractivity contribution < 1.29 is 18.9 Å². The molecule has 2 saturated heterocycles. The lowest BCUT2D eigenvalue weighted by atomic mass is 10.2. The molecular weight excluding hydrogens is 383 g/mol. The molecule has 2 heterocycles. The molecule has 2 fully saturated rings. The molecule has 2 aliphatic heterocycles. The highest BCUT2D eigenvalue weighted by Gasteiger charge is 2.24. The maximum Gasteiger partial charge on any atom is 0.279 e. The van der Waals surface area contributed by atoms with Gasteiger partial charge in [-0.2, -0.15) is 0 Å². The zero-order valence-corrected chi connectivity index (χ0v) is 17.1. The number of piperazine rings is 1. The third-order valence-electron chi connectivity index (χ3n) is 5.88. The zero-order valence-electron chi connectivity index (χ0n) is 17.1. The fourth-order valence-electron chi connectivity index (χ4n) is 4.18. The summed E-state index contributed by atoms with van der Waals surface area (Å²) in [6.07, 6.45) is 2.13. The largest absolute Gasteiger partial charge is 0.358 e. The molecule has 0 aromatic heterocycles. The Bertz CT molecular complexity index is 888. The van der Waals surface area contributed by atoms with Gasteiger partial charge in [0.25, 0.3) is 11.8 Å². The topological polar surface area (TPSA) is 57.1 Å². The molecule has 2 amide bonds. The molecule has 2 aromatic rings. The molecule has 0 spiro atoms. The van der Waals surface area contributed by atoms with E-state index in [0.29, 0.717) is 23.5 Å². The first-order valence-electron chi connectivity index (χ1n) is 10.6. The van der Waals surface area contributed by atoms with Crippen LogP contribution in [-0.4, -0.2) is 62.5 Å².